The van der Waals surface area contributed by atoms with Gasteiger partial charge >= 0.3 is 0 Å². The molecule has 0 bridgehead atoms. The van der Waals surface area contributed by atoms with E-state index in [0.29, 0.717) is 16.8 Å². The summed E-state index contributed by atoms with van der Waals surface area (Å²) in [6, 6.07) is 12.0. The van der Waals surface area contributed by atoms with Gasteiger partial charge in [0.2, 0.25) is 0 Å². The van der Waals surface area contributed by atoms with Crippen LogP contribution in [0, 0.1) is 13.8 Å². The molecule has 2 aromatic rings. The van der Waals surface area contributed by atoms with E-state index in [0.717, 1.165) is 31.2 Å². The summed E-state index contributed by atoms with van der Waals surface area (Å²) in [7, 11) is -3.70. The third-order valence-corrected chi connectivity index (χ3v) is 6.23. The first-order valence-corrected chi connectivity index (χ1v) is 10.3. The fraction of sp³-hybridized carbons (Fsp3) is 0.350. The first kappa shape index (κ1) is 18.5. The average molecular weight is 372 g/mol. The van der Waals surface area contributed by atoms with Crippen molar-refractivity contribution in [1.82, 2.24) is 5.32 Å². The number of anilines is 1. The number of benzene rings is 2. The number of carbonyl (C=O) groups excluding carboxylic acids is 1. The van der Waals surface area contributed by atoms with E-state index in [1.807, 2.05) is 6.92 Å². The Morgan fingerprint density at radius 2 is 1.65 bits per heavy atom. The van der Waals surface area contributed by atoms with E-state index in [1.165, 1.54) is 0 Å². The molecule has 0 spiro atoms. The number of sulfonamides is 1. The summed E-state index contributed by atoms with van der Waals surface area (Å²) >= 11 is 0. The minimum Gasteiger partial charge on any atom is -0.349 e. The van der Waals surface area contributed by atoms with Crippen LogP contribution in [0.1, 0.15) is 47.2 Å². The summed E-state index contributed by atoms with van der Waals surface area (Å²) in [4.78, 5) is 12.8. The standard InChI is InChI=1S/C20H24N2O3S/c1-14-10-12-17(13-11-14)26(24,25)22-19-9-5-8-18(15(19)2)20(23)21-16-6-3-4-7-16/h5,8-13,16,22H,3-4,6-7H2,1-2H3,(H,21,23). The van der Waals surface area contributed by atoms with E-state index in [1.54, 1.807) is 49.4 Å². The zero-order valence-corrected chi connectivity index (χ0v) is 15.9. The van der Waals surface area contributed by atoms with Crippen molar-refractivity contribution in [3.63, 3.8) is 0 Å². The van der Waals surface area contributed by atoms with Crippen molar-refractivity contribution in [3.05, 3.63) is 59.2 Å². The lowest BCUT2D eigenvalue weighted by Gasteiger charge is -2.16. The molecule has 6 heteroatoms. The Balaban J connectivity index is 1.82. The van der Waals surface area contributed by atoms with Crippen molar-refractivity contribution < 1.29 is 13.2 Å². The van der Waals surface area contributed by atoms with Gasteiger partial charge in [-0.2, -0.15) is 0 Å². The van der Waals surface area contributed by atoms with Crippen LogP contribution < -0.4 is 10.0 Å². The van der Waals surface area contributed by atoms with Gasteiger partial charge in [0.15, 0.2) is 0 Å². The van der Waals surface area contributed by atoms with Gasteiger partial charge in [0.25, 0.3) is 15.9 Å². The molecule has 5 nitrogen and oxygen atoms in total. The number of nitrogens with one attached hydrogen (secondary N) is 2. The van der Waals surface area contributed by atoms with Crippen LogP contribution in [0.5, 0.6) is 0 Å². The second-order valence-electron chi connectivity index (χ2n) is 6.85. The molecule has 0 heterocycles. The SMILES string of the molecule is Cc1ccc(S(=O)(=O)Nc2cccc(C(=O)NC3CCCC3)c2C)cc1. The Labute approximate surface area is 154 Å². The van der Waals surface area contributed by atoms with Crippen LogP contribution in [0.25, 0.3) is 0 Å². The van der Waals surface area contributed by atoms with Crippen molar-refractivity contribution in [2.75, 3.05) is 4.72 Å². The number of hydrogen-bond donors (Lipinski definition) is 2. The lowest BCUT2D eigenvalue weighted by atomic mass is 10.1. The van der Waals surface area contributed by atoms with Crippen molar-refractivity contribution in [2.45, 2.75) is 50.5 Å². The van der Waals surface area contributed by atoms with Gasteiger partial charge in [-0.05, 0) is 56.5 Å². The zero-order valence-electron chi connectivity index (χ0n) is 15.1. The Hall–Kier alpha value is -2.34. The molecule has 3 rings (SSSR count). The van der Waals surface area contributed by atoms with Gasteiger partial charge < -0.3 is 5.32 Å². The van der Waals surface area contributed by atoms with Gasteiger partial charge in [-0.15, -0.1) is 0 Å². The first-order chi connectivity index (χ1) is 12.4. The van der Waals surface area contributed by atoms with E-state index in [9.17, 15) is 13.2 Å². The summed E-state index contributed by atoms with van der Waals surface area (Å²) in [5.74, 6) is -0.147. The van der Waals surface area contributed by atoms with E-state index in [-0.39, 0.29) is 16.8 Å². The molecule has 1 amide bonds. The molecule has 0 aromatic heterocycles. The zero-order chi connectivity index (χ0) is 18.7. The van der Waals surface area contributed by atoms with Gasteiger partial charge in [-0.3, -0.25) is 9.52 Å². The van der Waals surface area contributed by atoms with E-state index in [4.69, 9.17) is 0 Å². The monoisotopic (exact) mass is 372 g/mol. The molecule has 1 aliphatic rings. The first-order valence-electron chi connectivity index (χ1n) is 8.87. The number of carbonyl (C=O) groups is 1. The Morgan fingerprint density at radius 1 is 1.00 bits per heavy atom. The molecule has 2 N–H and O–H groups in total. The highest BCUT2D eigenvalue weighted by atomic mass is 32.2. The average Bonchev–Trinajstić information content (AvgIpc) is 3.10. The van der Waals surface area contributed by atoms with Crippen LogP contribution in [0.3, 0.4) is 0 Å². The molecule has 0 aliphatic heterocycles. The lowest BCUT2D eigenvalue weighted by molar-refractivity contribution is 0.0937. The second kappa shape index (κ2) is 7.50. The minimum absolute atomic E-state index is 0.147. The second-order valence-corrected chi connectivity index (χ2v) is 8.53. The van der Waals surface area contributed by atoms with Gasteiger partial charge in [0.1, 0.15) is 0 Å². The largest absolute Gasteiger partial charge is 0.349 e. The third kappa shape index (κ3) is 4.07. The van der Waals surface area contributed by atoms with Crippen molar-refractivity contribution in [3.8, 4) is 0 Å². The van der Waals surface area contributed by atoms with Gasteiger partial charge in [0.05, 0.1) is 10.6 Å². The highest BCUT2D eigenvalue weighted by Crippen LogP contribution is 2.24. The summed E-state index contributed by atoms with van der Waals surface area (Å²) in [6.45, 7) is 3.66. The van der Waals surface area contributed by atoms with Crippen LogP contribution in [-0.4, -0.2) is 20.4 Å². The predicted molar refractivity (Wildman–Crippen MR) is 103 cm³/mol. The van der Waals surface area contributed by atoms with E-state index >= 15 is 0 Å². The molecule has 138 valence electrons. The number of hydrogen-bond acceptors (Lipinski definition) is 3. The molecule has 26 heavy (non-hydrogen) atoms. The molecule has 0 unspecified atom stereocenters. The molecule has 0 atom stereocenters. The third-order valence-electron chi connectivity index (χ3n) is 4.84. The van der Waals surface area contributed by atoms with E-state index < -0.39 is 10.0 Å². The molecule has 1 fully saturated rings. The minimum atomic E-state index is -3.70. The summed E-state index contributed by atoms with van der Waals surface area (Å²) in [5, 5.41) is 3.05. The van der Waals surface area contributed by atoms with Gasteiger partial charge in [-0.1, -0.05) is 36.6 Å². The Morgan fingerprint density at radius 3 is 2.31 bits per heavy atom. The molecule has 1 aliphatic carbocycles. The Bertz CT molecular complexity index is 899. The van der Waals surface area contributed by atoms with Crippen molar-refractivity contribution >= 4 is 21.6 Å². The number of amides is 1. The molecular formula is C20H24N2O3S. The predicted octanol–water partition coefficient (Wildman–Crippen LogP) is 3.78. The fourth-order valence-corrected chi connectivity index (χ4v) is 4.37. The van der Waals surface area contributed by atoms with Crippen molar-refractivity contribution in [2.24, 2.45) is 0 Å². The number of rotatable bonds is 5. The van der Waals surface area contributed by atoms with Crippen LogP contribution in [0.4, 0.5) is 5.69 Å². The van der Waals surface area contributed by atoms with Crippen LogP contribution in [0.2, 0.25) is 0 Å². The smallest absolute Gasteiger partial charge is 0.261 e. The van der Waals surface area contributed by atoms with E-state index in [2.05, 4.69) is 10.0 Å². The highest BCUT2D eigenvalue weighted by molar-refractivity contribution is 7.92. The quantitative estimate of drug-likeness (QED) is 0.839. The maximum atomic E-state index is 12.6. The van der Waals surface area contributed by atoms with Crippen LogP contribution >= 0.6 is 0 Å². The van der Waals surface area contributed by atoms with Crippen LogP contribution in [-0.2, 0) is 10.0 Å². The summed E-state index contributed by atoms with van der Waals surface area (Å²) in [5.41, 5.74) is 2.54. The maximum Gasteiger partial charge on any atom is 0.261 e. The number of aryl methyl sites for hydroxylation is 1. The Kier molecular flexibility index (Phi) is 5.32. The van der Waals surface area contributed by atoms with Gasteiger partial charge in [-0.25, -0.2) is 8.42 Å². The molecule has 0 saturated heterocycles. The topological polar surface area (TPSA) is 75.3 Å². The maximum absolute atomic E-state index is 12.6. The summed E-state index contributed by atoms with van der Waals surface area (Å²) in [6.07, 6.45) is 4.29. The molecular weight excluding hydrogens is 348 g/mol. The normalized spacial score (nSPS) is 15.0. The van der Waals surface area contributed by atoms with Crippen molar-refractivity contribution in [1.29, 1.82) is 0 Å². The van der Waals surface area contributed by atoms with Crippen LogP contribution in [0.15, 0.2) is 47.4 Å². The highest BCUT2D eigenvalue weighted by Gasteiger charge is 2.21. The lowest BCUT2D eigenvalue weighted by Crippen LogP contribution is -2.33. The summed E-state index contributed by atoms with van der Waals surface area (Å²) < 4.78 is 27.8. The molecule has 2 aromatic carbocycles. The van der Waals surface area contributed by atoms with Gasteiger partial charge in [0, 0.05) is 11.6 Å². The fourth-order valence-electron chi connectivity index (χ4n) is 3.25. The molecule has 0 radical (unpaired) electrons. The molecule has 1 saturated carbocycles.